The molecule has 2 heterocycles. The zero-order valence-electron chi connectivity index (χ0n) is 13.7. The summed E-state index contributed by atoms with van der Waals surface area (Å²) in [6.07, 6.45) is 1.53. The van der Waals surface area contributed by atoms with E-state index in [4.69, 9.17) is 4.42 Å². The van der Waals surface area contributed by atoms with E-state index in [0.717, 1.165) is 9.15 Å². The molecule has 6 nitrogen and oxygen atoms in total. The highest BCUT2D eigenvalue weighted by Gasteiger charge is 2.32. The van der Waals surface area contributed by atoms with Gasteiger partial charge in [-0.1, -0.05) is 22.0 Å². The fraction of sp³-hybridized carbons (Fsp3) is 0.167. The number of benzene rings is 1. The molecular weight excluding hydrogens is 386 g/mol. The van der Waals surface area contributed by atoms with Gasteiger partial charge in [-0.3, -0.25) is 9.59 Å². The van der Waals surface area contributed by atoms with E-state index in [0.29, 0.717) is 17.1 Å². The molecule has 128 valence electrons. The van der Waals surface area contributed by atoms with Crippen LogP contribution in [-0.4, -0.2) is 15.7 Å². The van der Waals surface area contributed by atoms with E-state index in [1.165, 1.54) is 12.3 Å². The number of furan rings is 1. The first-order valence-electron chi connectivity index (χ1n) is 7.60. The number of aromatic nitrogens is 2. The van der Waals surface area contributed by atoms with E-state index >= 15 is 0 Å². The molecule has 3 aromatic rings. The van der Waals surface area contributed by atoms with E-state index in [-0.39, 0.29) is 11.5 Å². The maximum Gasteiger partial charge on any atom is 0.267 e. The standard InChI is InChI=1S/C18H16BrN3O3/c1-18(2,17(24)20-13-6-3-5-12(19)11-13)22-16(23)9-8-14(21-22)15-7-4-10-25-15/h3-11H,1-2H3,(H,20,24). The Kier molecular flexibility index (Phi) is 4.59. The van der Waals surface area contributed by atoms with Crippen molar-refractivity contribution < 1.29 is 9.21 Å². The van der Waals surface area contributed by atoms with Crippen molar-refractivity contribution in [1.82, 2.24) is 9.78 Å². The smallest absolute Gasteiger partial charge is 0.267 e. The van der Waals surface area contributed by atoms with Crippen LogP contribution in [0.15, 0.2) is 68.5 Å². The molecule has 0 aliphatic heterocycles. The number of nitrogens with zero attached hydrogens (tertiary/aromatic N) is 2. The molecule has 3 rings (SSSR count). The molecule has 1 N–H and O–H groups in total. The highest BCUT2D eigenvalue weighted by atomic mass is 79.9. The molecule has 0 aliphatic carbocycles. The maximum atomic E-state index is 12.7. The molecule has 1 amide bonds. The largest absolute Gasteiger partial charge is 0.463 e. The van der Waals surface area contributed by atoms with Crippen molar-refractivity contribution >= 4 is 27.5 Å². The van der Waals surface area contributed by atoms with Crippen molar-refractivity contribution in [3.8, 4) is 11.5 Å². The lowest BCUT2D eigenvalue weighted by molar-refractivity contribution is -0.123. The van der Waals surface area contributed by atoms with Gasteiger partial charge in [0.05, 0.1) is 6.26 Å². The van der Waals surface area contributed by atoms with Crippen LogP contribution in [0, 0.1) is 0 Å². The summed E-state index contributed by atoms with van der Waals surface area (Å²) in [6, 6.07) is 13.6. The minimum absolute atomic E-state index is 0.350. The van der Waals surface area contributed by atoms with Gasteiger partial charge in [-0.25, -0.2) is 4.68 Å². The quantitative estimate of drug-likeness (QED) is 0.723. The number of anilines is 1. The number of hydrogen-bond donors (Lipinski definition) is 1. The van der Waals surface area contributed by atoms with Crippen LogP contribution in [-0.2, 0) is 10.3 Å². The molecule has 0 saturated heterocycles. The second kappa shape index (κ2) is 6.68. The van der Waals surface area contributed by atoms with Gasteiger partial charge in [0.1, 0.15) is 11.2 Å². The van der Waals surface area contributed by atoms with Gasteiger partial charge < -0.3 is 9.73 Å². The molecule has 0 aliphatic rings. The van der Waals surface area contributed by atoms with E-state index in [9.17, 15) is 9.59 Å². The monoisotopic (exact) mass is 401 g/mol. The Morgan fingerprint density at radius 2 is 2.00 bits per heavy atom. The van der Waals surface area contributed by atoms with Gasteiger partial charge in [0.25, 0.3) is 11.5 Å². The first-order chi connectivity index (χ1) is 11.9. The van der Waals surface area contributed by atoms with Crippen molar-refractivity contribution in [3.05, 3.63) is 69.6 Å². The molecular formula is C18H16BrN3O3. The number of nitrogens with one attached hydrogen (secondary N) is 1. The van der Waals surface area contributed by atoms with Crippen LogP contribution in [0.2, 0.25) is 0 Å². The number of hydrogen-bond acceptors (Lipinski definition) is 4. The summed E-state index contributed by atoms with van der Waals surface area (Å²) in [4.78, 5) is 25.0. The lowest BCUT2D eigenvalue weighted by Gasteiger charge is -2.25. The zero-order chi connectivity index (χ0) is 18.0. The van der Waals surface area contributed by atoms with Gasteiger partial charge in [-0.2, -0.15) is 5.10 Å². The third-order valence-corrected chi connectivity index (χ3v) is 4.23. The summed E-state index contributed by atoms with van der Waals surface area (Å²) in [7, 11) is 0. The first kappa shape index (κ1) is 17.2. The van der Waals surface area contributed by atoms with Crippen LogP contribution >= 0.6 is 15.9 Å². The fourth-order valence-corrected chi connectivity index (χ4v) is 2.71. The van der Waals surface area contributed by atoms with Crippen LogP contribution < -0.4 is 10.9 Å². The highest BCUT2D eigenvalue weighted by molar-refractivity contribution is 9.10. The molecule has 0 saturated carbocycles. The summed E-state index contributed by atoms with van der Waals surface area (Å²) < 4.78 is 7.32. The lowest BCUT2D eigenvalue weighted by Crippen LogP contribution is -2.47. The second-order valence-electron chi connectivity index (χ2n) is 5.97. The number of halogens is 1. The van der Waals surface area contributed by atoms with Crippen molar-refractivity contribution in [2.24, 2.45) is 0 Å². The van der Waals surface area contributed by atoms with Crippen LogP contribution in [0.4, 0.5) is 5.69 Å². The minimum atomic E-state index is -1.19. The van der Waals surface area contributed by atoms with Gasteiger partial charge in [-0.15, -0.1) is 0 Å². The maximum absolute atomic E-state index is 12.7. The van der Waals surface area contributed by atoms with Gasteiger partial charge in [0.15, 0.2) is 5.76 Å². The molecule has 0 atom stereocenters. The van der Waals surface area contributed by atoms with Crippen LogP contribution in [0.3, 0.4) is 0 Å². The average Bonchev–Trinajstić information content (AvgIpc) is 3.09. The van der Waals surface area contributed by atoms with Crippen molar-refractivity contribution in [2.45, 2.75) is 19.4 Å². The van der Waals surface area contributed by atoms with Crippen molar-refractivity contribution in [2.75, 3.05) is 5.32 Å². The summed E-state index contributed by atoms with van der Waals surface area (Å²) in [5.41, 5.74) is -0.456. The third kappa shape index (κ3) is 3.56. The molecule has 0 spiro atoms. The van der Waals surface area contributed by atoms with Gasteiger partial charge >= 0.3 is 0 Å². The lowest BCUT2D eigenvalue weighted by atomic mass is 10.0. The molecule has 25 heavy (non-hydrogen) atoms. The first-order valence-corrected chi connectivity index (χ1v) is 8.39. The van der Waals surface area contributed by atoms with Gasteiger partial charge in [0, 0.05) is 16.2 Å². The summed E-state index contributed by atoms with van der Waals surface area (Å²) in [6.45, 7) is 3.28. The Hall–Kier alpha value is -2.67. The number of rotatable bonds is 4. The summed E-state index contributed by atoms with van der Waals surface area (Å²) >= 11 is 3.36. The normalized spacial score (nSPS) is 11.3. The minimum Gasteiger partial charge on any atom is -0.463 e. The van der Waals surface area contributed by atoms with Crippen molar-refractivity contribution in [3.63, 3.8) is 0 Å². The molecule has 0 radical (unpaired) electrons. The molecule has 0 unspecified atom stereocenters. The number of amides is 1. The van der Waals surface area contributed by atoms with Gasteiger partial charge in [0.2, 0.25) is 0 Å². The summed E-state index contributed by atoms with van der Waals surface area (Å²) in [5.74, 6) is 0.175. The summed E-state index contributed by atoms with van der Waals surface area (Å²) in [5, 5.41) is 7.12. The van der Waals surface area contributed by atoms with Gasteiger partial charge in [-0.05, 0) is 50.2 Å². The van der Waals surface area contributed by atoms with E-state index in [1.54, 1.807) is 44.2 Å². The SMILES string of the molecule is CC(C)(C(=O)Nc1cccc(Br)c1)n1nc(-c2ccco2)ccc1=O. The number of carbonyl (C=O) groups is 1. The highest BCUT2D eigenvalue weighted by Crippen LogP contribution is 2.21. The van der Waals surface area contributed by atoms with Crippen LogP contribution in [0.1, 0.15) is 13.8 Å². The molecule has 0 bridgehead atoms. The Bertz CT molecular complexity index is 962. The van der Waals surface area contributed by atoms with Crippen LogP contribution in [0.5, 0.6) is 0 Å². The Balaban J connectivity index is 1.94. The van der Waals surface area contributed by atoms with Crippen LogP contribution in [0.25, 0.3) is 11.5 Å². The Morgan fingerprint density at radius 3 is 2.68 bits per heavy atom. The Labute approximate surface area is 152 Å². The van der Waals surface area contributed by atoms with Crippen molar-refractivity contribution in [1.29, 1.82) is 0 Å². The molecule has 7 heteroatoms. The van der Waals surface area contributed by atoms with E-state index in [1.807, 2.05) is 12.1 Å². The molecule has 0 fully saturated rings. The molecule has 2 aromatic heterocycles. The predicted octanol–water partition coefficient (Wildman–Crippen LogP) is 3.64. The number of carbonyl (C=O) groups excluding carboxylic acids is 1. The fourth-order valence-electron chi connectivity index (χ4n) is 2.31. The zero-order valence-corrected chi connectivity index (χ0v) is 15.3. The van der Waals surface area contributed by atoms with E-state index in [2.05, 4.69) is 26.3 Å². The Morgan fingerprint density at radius 1 is 1.20 bits per heavy atom. The average molecular weight is 402 g/mol. The second-order valence-corrected chi connectivity index (χ2v) is 6.89. The topological polar surface area (TPSA) is 77.1 Å². The van der Waals surface area contributed by atoms with E-state index < -0.39 is 5.54 Å². The predicted molar refractivity (Wildman–Crippen MR) is 98.3 cm³/mol. The molecule has 1 aromatic carbocycles. The third-order valence-electron chi connectivity index (χ3n) is 3.74.